The Bertz CT molecular complexity index is 1300. The van der Waals surface area contributed by atoms with E-state index >= 15 is 4.39 Å². The summed E-state index contributed by atoms with van der Waals surface area (Å²) in [6.45, 7) is 4.86. The van der Waals surface area contributed by atoms with Crippen LogP contribution in [0.4, 0.5) is 25.8 Å². The summed E-state index contributed by atoms with van der Waals surface area (Å²) in [4.78, 5) is 3.50. The van der Waals surface area contributed by atoms with Crippen molar-refractivity contribution in [3.05, 3.63) is 76.9 Å². The van der Waals surface area contributed by atoms with E-state index in [0.29, 0.717) is 29.0 Å². The summed E-state index contributed by atoms with van der Waals surface area (Å²) in [6.07, 6.45) is 11.4. The summed E-state index contributed by atoms with van der Waals surface area (Å²) in [5.41, 5.74) is 9.02. The van der Waals surface area contributed by atoms with Crippen molar-refractivity contribution in [1.29, 1.82) is 5.26 Å². The van der Waals surface area contributed by atoms with Gasteiger partial charge >= 0.3 is 0 Å². The standard InChI is InChI=1S/C29H34F2N5/c1-7-36-22(14-9-20-11-16-25(34(3)4)23(18-32)27(20)30)13-8-19(2)24(36)15-10-21-12-17-26(35(5)6)29(33)28(21)31/h8-17,19,24H,7,33H2,1-6H3/q+1/b15-10+. The smallest absolute Gasteiger partial charge is 0.200 e. The molecular formula is C29H34F2N5+. The number of anilines is 3. The highest BCUT2D eigenvalue weighted by atomic mass is 19.1. The van der Waals surface area contributed by atoms with Crippen LogP contribution in [0.2, 0.25) is 0 Å². The fraction of sp³-hybridized carbons (Fsp3) is 0.310. The lowest BCUT2D eigenvalue weighted by Crippen LogP contribution is -2.36. The number of benzene rings is 2. The predicted molar refractivity (Wildman–Crippen MR) is 147 cm³/mol. The third-order valence-electron chi connectivity index (χ3n) is 6.46. The molecule has 0 fully saturated rings. The highest BCUT2D eigenvalue weighted by Crippen LogP contribution is 2.28. The summed E-state index contributed by atoms with van der Waals surface area (Å²) < 4.78 is 32.1. The van der Waals surface area contributed by atoms with Gasteiger partial charge in [0, 0.05) is 57.4 Å². The second-order valence-electron chi connectivity index (χ2n) is 9.28. The minimum atomic E-state index is -0.539. The number of likely N-dealkylation sites (N-methyl/N-ethyl adjacent to an activating group) is 1. The predicted octanol–water partition coefficient (Wildman–Crippen LogP) is 5.33. The van der Waals surface area contributed by atoms with Gasteiger partial charge in [0.1, 0.15) is 24.0 Å². The fourth-order valence-electron chi connectivity index (χ4n) is 4.43. The molecule has 7 heteroatoms. The van der Waals surface area contributed by atoms with Gasteiger partial charge in [-0.3, -0.25) is 0 Å². The monoisotopic (exact) mass is 490 g/mol. The first-order chi connectivity index (χ1) is 17.1. The van der Waals surface area contributed by atoms with Crippen LogP contribution in [0, 0.1) is 28.9 Å². The average molecular weight is 491 g/mol. The minimum absolute atomic E-state index is 0.0229. The number of halogens is 2. The highest BCUT2D eigenvalue weighted by Gasteiger charge is 2.28. The van der Waals surface area contributed by atoms with Crippen LogP contribution >= 0.6 is 0 Å². The van der Waals surface area contributed by atoms with E-state index < -0.39 is 11.6 Å². The van der Waals surface area contributed by atoms with Gasteiger partial charge in [-0.1, -0.05) is 13.0 Å². The third kappa shape index (κ3) is 5.33. The fourth-order valence-corrected chi connectivity index (χ4v) is 4.43. The molecule has 188 valence electrons. The van der Waals surface area contributed by atoms with Crippen LogP contribution in [0.1, 0.15) is 30.5 Å². The summed E-state index contributed by atoms with van der Waals surface area (Å²) in [5.74, 6) is -0.794. The quantitative estimate of drug-likeness (QED) is 0.421. The van der Waals surface area contributed by atoms with E-state index in [4.69, 9.17) is 5.73 Å². The Balaban J connectivity index is 1.96. The van der Waals surface area contributed by atoms with E-state index in [0.717, 1.165) is 5.71 Å². The minimum Gasteiger partial charge on any atom is -0.395 e. The molecule has 1 aliphatic rings. The number of hydrogen-bond acceptors (Lipinski definition) is 4. The van der Waals surface area contributed by atoms with Crippen LogP contribution in [-0.4, -0.2) is 51.1 Å². The highest BCUT2D eigenvalue weighted by molar-refractivity contribution is 6.03. The number of nitriles is 1. The number of allylic oxidation sites excluding steroid dienone is 2. The lowest BCUT2D eigenvalue weighted by Gasteiger charge is -2.21. The Morgan fingerprint density at radius 1 is 0.972 bits per heavy atom. The Morgan fingerprint density at radius 2 is 1.58 bits per heavy atom. The van der Waals surface area contributed by atoms with Gasteiger partial charge in [-0.2, -0.15) is 5.26 Å². The van der Waals surface area contributed by atoms with E-state index in [1.165, 1.54) is 0 Å². The molecule has 0 radical (unpaired) electrons. The zero-order valence-corrected chi connectivity index (χ0v) is 21.8. The first-order valence-corrected chi connectivity index (χ1v) is 11.9. The molecule has 0 saturated heterocycles. The molecule has 0 bridgehead atoms. The van der Waals surface area contributed by atoms with Gasteiger partial charge < -0.3 is 15.5 Å². The van der Waals surface area contributed by atoms with Crippen molar-refractivity contribution < 1.29 is 13.4 Å². The summed E-state index contributed by atoms with van der Waals surface area (Å²) in [6, 6.07) is 8.91. The number of rotatable bonds is 7. The Morgan fingerprint density at radius 3 is 2.17 bits per heavy atom. The summed E-state index contributed by atoms with van der Waals surface area (Å²) >= 11 is 0. The molecule has 1 aliphatic heterocycles. The molecule has 2 unspecified atom stereocenters. The van der Waals surface area contributed by atoms with Crippen LogP contribution in [-0.2, 0) is 0 Å². The molecule has 1 heterocycles. The van der Waals surface area contributed by atoms with Gasteiger partial charge in [0.25, 0.3) is 0 Å². The maximum Gasteiger partial charge on any atom is 0.200 e. The van der Waals surface area contributed by atoms with Gasteiger partial charge in [-0.25, -0.2) is 13.4 Å². The van der Waals surface area contributed by atoms with E-state index in [1.807, 2.05) is 51.4 Å². The van der Waals surface area contributed by atoms with E-state index in [-0.39, 0.29) is 23.2 Å². The van der Waals surface area contributed by atoms with E-state index in [9.17, 15) is 9.65 Å². The molecule has 0 aliphatic carbocycles. The molecule has 2 aromatic rings. The maximum atomic E-state index is 15.0. The first-order valence-electron chi connectivity index (χ1n) is 11.9. The maximum absolute atomic E-state index is 15.0. The zero-order valence-electron chi connectivity index (χ0n) is 21.8. The topological polar surface area (TPSA) is 59.3 Å². The van der Waals surface area contributed by atoms with E-state index in [2.05, 4.69) is 17.6 Å². The molecule has 0 aromatic heterocycles. The van der Waals surface area contributed by atoms with Crippen LogP contribution in [0.25, 0.3) is 12.2 Å². The van der Waals surface area contributed by atoms with Crippen LogP contribution in [0.5, 0.6) is 0 Å². The number of nitrogens with two attached hydrogens (primary N) is 1. The van der Waals surface area contributed by atoms with Crippen molar-refractivity contribution in [2.75, 3.05) is 50.3 Å². The SMILES string of the molecule is CC[N+]1=C(/C=C/c2ccc(N(C)C)c(C#N)c2F)C=CC(C)C1/C=C/c1ccc(N(C)C)c(N)c1F. The van der Waals surface area contributed by atoms with Crippen LogP contribution in [0.15, 0.2) is 48.6 Å². The van der Waals surface area contributed by atoms with E-state index in [1.54, 1.807) is 54.2 Å². The zero-order chi connectivity index (χ0) is 26.6. The number of nitrogens with zero attached hydrogens (tertiary/aromatic N) is 4. The van der Waals surface area contributed by atoms with Crippen molar-refractivity contribution in [2.24, 2.45) is 5.92 Å². The van der Waals surface area contributed by atoms with Gasteiger partial charge in [0.05, 0.1) is 17.1 Å². The molecule has 0 spiro atoms. The molecule has 0 amide bonds. The molecule has 0 saturated carbocycles. The molecule has 2 N–H and O–H groups in total. The van der Waals surface area contributed by atoms with Crippen LogP contribution < -0.4 is 15.5 Å². The first kappa shape index (κ1) is 26.7. The number of hydrogen-bond donors (Lipinski definition) is 1. The van der Waals surface area contributed by atoms with Crippen molar-refractivity contribution in [3.63, 3.8) is 0 Å². The second-order valence-corrected chi connectivity index (χ2v) is 9.28. The normalized spacial score (nSPS) is 17.8. The van der Waals surface area contributed by atoms with Gasteiger partial charge in [0.2, 0.25) is 0 Å². The molecular weight excluding hydrogens is 456 g/mol. The van der Waals surface area contributed by atoms with Gasteiger partial charge in [0.15, 0.2) is 17.6 Å². The average Bonchev–Trinajstić information content (AvgIpc) is 2.84. The summed E-state index contributed by atoms with van der Waals surface area (Å²) in [5, 5.41) is 9.46. The molecule has 2 aromatic carbocycles. The molecule has 36 heavy (non-hydrogen) atoms. The largest absolute Gasteiger partial charge is 0.395 e. The Kier molecular flexibility index (Phi) is 8.31. The Labute approximate surface area is 212 Å². The molecule has 5 nitrogen and oxygen atoms in total. The van der Waals surface area contributed by atoms with Gasteiger partial charge in [-0.05, 0) is 49.4 Å². The molecule has 2 atom stereocenters. The molecule has 3 rings (SSSR count). The second kappa shape index (κ2) is 11.2. The van der Waals surface area contributed by atoms with Crippen molar-refractivity contribution in [1.82, 2.24) is 0 Å². The Hall–Kier alpha value is -3.92. The third-order valence-corrected chi connectivity index (χ3v) is 6.46. The van der Waals surface area contributed by atoms with Crippen LogP contribution in [0.3, 0.4) is 0 Å². The summed E-state index contributed by atoms with van der Waals surface area (Å²) in [7, 11) is 7.20. The van der Waals surface area contributed by atoms with Gasteiger partial charge in [-0.15, -0.1) is 0 Å². The lowest BCUT2D eigenvalue weighted by molar-refractivity contribution is -0.556. The van der Waals surface area contributed by atoms with Crippen molar-refractivity contribution in [2.45, 2.75) is 19.9 Å². The lowest BCUT2D eigenvalue weighted by atomic mass is 9.94. The van der Waals surface area contributed by atoms with Crippen molar-refractivity contribution in [3.8, 4) is 6.07 Å². The van der Waals surface area contributed by atoms with Crippen molar-refractivity contribution >= 4 is 34.9 Å². The number of nitrogen functional groups attached to an aromatic ring is 1.